The van der Waals surface area contributed by atoms with Gasteiger partial charge in [0.05, 0.1) is 6.33 Å². The highest BCUT2D eigenvalue weighted by Gasteiger charge is 2.22. The molecule has 0 atom stereocenters. The summed E-state index contributed by atoms with van der Waals surface area (Å²) in [7, 11) is 0. The Bertz CT molecular complexity index is 606. The summed E-state index contributed by atoms with van der Waals surface area (Å²) in [4.78, 5) is 18.3. The fourth-order valence-electron chi connectivity index (χ4n) is 2.65. The van der Waals surface area contributed by atoms with E-state index in [0.29, 0.717) is 13.0 Å². The number of aryl methyl sites for hydroxylation is 2. The predicted octanol–water partition coefficient (Wildman–Crippen LogP) is 1.83. The highest BCUT2D eigenvalue weighted by Crippen LogP contribution is 2.29. The van der Waals surface area contributed by atoms with Crippen LogP contribution in [0.3, 0.4) is 0 Å². The largest absolute Gasteiger partial charge is 0.399 e. The quantitative estimate of drug-likeness (QED) is 0.865. The Labute approximate surface area is 118 Å². The molecule has 1 aromatic carbocycles. The Kier molecular flexibility index (Phi) is 3.41. The SMILES string of the molecule is Nc1ccc2c(c1)CCCN2C(=O)CCn1ccnc1. The van der Waals surface area contributed by atoms with E-state index in [1.807, 2.05) is 33.9 Å². The molecule has 20 heavy (non-hydrogen) atoms. The Morgan fingerprint density at radius 2 is 2.30 bits per heavy atom. The highest BCUT2D eigenvalue weighted by atomic mass is 16.2. The van der Waals surface area contributed by atoms with Gasteiger partial charge >= 0.3 is 0 Å². The van der Waals surface area contributed by atoms with E-state index in [9.17, 15) is 4.79 Å². The summed E-state index contributed by atoms with van der Waals surface area (Å²) in [6.07, 6.45) is 7.80. The van der Waals surface area contributed by atoms with Crippen molar-refractivity contribution in [3.05, 3.63) is 42.5 Å². The zero-order chi connectivity index (χ0) is 13.9. The van der Waals surface area contributed by atoms with Crippen LogP contribution in [0, 0.1) is 0 Å². The normalized spacial score (nSPS) is 14.1. The molecule has 2 heterocycles. The first kappa shape index (κ1) is 12.7. The number of nitrogens with two attached hydrogens (primary N) is 1. The summed E-state index contributed by atoms with van der Waals surface area (Å²) < 4.78 is 1.92. The van der Waals surface area contributed by atoms with E-state index in [4.69, 9.17) is 5.73 Å². The van der Waals surface area contributed by atoms with Crippen molar-refractivity contribution in [2.75, 3.05) is 17.2 Å². The highest BCUT2D eigenvalue weighted by molar-refractivity contribution is 5.94. The van der Waals surface area contributed by atoms with Gasteiger partial charge in [0, 0.05) is 43.3 Å². The minimum absolute atomic E-state index is 0.157. The summed E-state index contributed by atoms with van der Waals surface area (Å²) in [5, 5.41) is 0. The van der Waals surface area contributed by atoms with E-state index < -0.39 is 0 Å². The Morgan fingerprint density at radius 1 is 1.40 bits per heavy atom. The average molecular weight is 270 g/mol. The first-order chi connectivity index (χ1) is 9.74. The van der Waals surface area contributed by atoms with E-state index >= 15 is 0 Å². The van der Waals surface area contributed by atoms with Gasteiger partial charge in [-0.1, -0.05) is 0 Å². The number of carbonyl (C=O) groups is 1. The molecule has 0 radical (unpaired) electrons. The minimum atomic E-state index is 0.157. The van der Waals surface area contributed by atoms with Crippen molar-refractivity contribution in [1.82, 2.24) is 9.55 Å². The fourth-order valence-corrected chi connectivity index (χ4v) is 2.65. The Morgan fingerprint density at radius 3 is 3.10 bits per heavy atom. The van der Waals surface area contributed by atoms with Gasteiger partial charge in [0.25, 0.3) is 0 Å². The summed E-state index contributed by atoms with van der Waals surface area (Å²) in [6, 6.07) is 5.80. The fraction of sp³-hybridized carbons (Fsp3) is 0.333. The van der Waals surface area contributed by atoms with E-state index in [2.05, 4.69) is 4.98 Å². The second-order valence-corrected chi connectivity index (χ2v) is 5.09. The molecule has 1 aliphatic rings. The maximum absolute atomic E-state index is 12.4. The molecule has 3 rings (SSSR count). The van der Waals surface area contributed by atoms with Crippen molar-refractivity contribution in [2.24, 2.45) is 0 Å². The van der Waals surface area contributed by atoms with Gasteiger partial charge in [0.15, 0.2) is 0 Å². The van der Waals surface area contributed by atoms with Crippen LogP contribution in [0.15, 0.2) is 36.9 Å². The molecule has 0 spiro atoms. The zero-order valence-electron chi connectivity index (χ0n) is 11.3. The molecule has 104 valence electrons. The zero-order valence-corrected chi connectivity index (χ0v) is 11.3. The van der Waals surface area contributed by atoms with Gasteiger partial charge in [0.1, 0.15) is 0 Å². The second kappa shape index (κ2) is 5.36. The van der Waals surface area contributed by atoms with Crippen LogP contribution in [0.2, 0.25) is 0 Å². The van der Waals surface area contributed by atoms with Gasteiger partial charge < -0.3 is 15.2 Å². The number of carbonyl (C=O) groups excluding carboxylic acids is 1. The topological polar surface area (TPSA) is 64.2 Å². The van der Waals surface area contributed by atoms with Gasteiger partial charge in [-0.2, -0.15) is 0 Å². The van der Waals surface area contributed by atoms with Crippen LogP contribution in [-0.2, 0) is 17.8 Å². The molecule has 0 unspecified atom stereocenters. The third-order valence-corrected chi connectivity index (χ3v) is 3.67. The molecule has 5 nitrogen and oxygen atoms in total. The lowest BCUT2D eigenvalue weighted by atomic mass is 10.0. The molecule has 5 heteroatoms. The van der Waals surface area contributed by atoms with Crippen LogP contribution in [0.25, 0.3) is 0 Å². The number of anilines is 2. The number of aromatic nitrogens is 2. The maximum Gasteiger partial charge on any atom is 0.228 e. The molecule has 2 aromatic rings. The van der Waals surface area contributed by atoms with Gasteiger partial charge in [-0.25, -0.2) is 4.98 Å². The maximum atomic E-state index is 12.4. The monoisotopic (exact) mass is 270 g/mol. The van der Waals surface area contributed by atoms with E-state index in [0.717, 1.165) is 30.8 Å². The van der Waals surface area contributed by atoms with Gasteiger partial charge in [-0.3, -0.25) is 4.79 Å². The lowest BCUT2D eigenvalue weighted by Gasteiger charge is -2.29. The number of nitrogen functional groups attached to an aromatic ring is 1. The number of rotatable bonds is 3. The van der Waals surface area contributed by atoms with Gasteiger partial charge in [-0.15, -0.1) is 0 Å². The number of amides is 1. The van der Waals surface area contributed by atoms with Gasteiger partial charge in [0.2, 0.25) is 5.91 Å². The molecular formula is C15H18N4O. The van der Waals surface area contributed by atoms with Crippen LogP contribution in [0.4, 0.5) is 11.4 Å². The van der Waals surface area contributed by atoms with E-state index in [1.54, 1.807) is 12.5 Å². The van der Waals surface area contributed by atoms with Crippen molar-refractivity contribution >= 4 is 17.3 Å². The molecular weight excluding hydrogens is 252 g/mol. The molecule has 1 amide bonds. The van der Waals surface area contributed by atoms with Crippen LogP contribution in [-0.4, -0.2) is 22.0 Å². The Hall–Kier alpha value is -2.30. The van der Waals surface area contributed by atoms with Crippen molar-refractivity contribution in [1.29, 1.82) is 0 Å². The van der Waals surface area contributed by atoms with Gasteiger partial charge in [-0.05, 0) is 36.6 Å². The van der Waals surface area contributed by atoms with Crippen LogP contribution < -0.4 is 10.6 Å². The third-order valence-electron chi connectivity index (χ3n) is 3.67. The molecule has 1 aromatic heterocycles. The van der Waals surface area contributed by atoms with E-state index in [1.165, 1.54) is 5.56 Å². The van der Waals surface area contributed by atoms with Crippen LogP contribution in [0.1, 0.15) is 18.4 Å². The number of fused-ring (bicyclic) bond motifs is 1. The lowest BCUT2D eigenvalue weighted by Crippen LogP contribution is -2.35. The number of nitrogens with zero attached hydrogens (tertiary/aromatic N) is 3. The van der Waals surface area contributed by atoms with Crippen LogP contribution in [0.5, 0.6) is 0 Å². The summed E-state index contributed by atoms with van der Waals surface area (Å²) >= 11 is 0. The molecule has 2 N–H and O–H groups in total. The van der Waals surface area contributed by atoms with E-state index in [-0.39, 0.29) is 5.91 Å². The van der Waals surface area contributed by atoms with Crippen molar-refractivity contribution in [2.45, 2.75) is 25.8 Å². The summed E-state index contributed by atoms with van der Waals surface area (Å²) in [5.41, 5.74) is 8.76. The van der Waals surface area contributed by atoms with Crippen molar-refractivity contribution in [3.8, 4) is 0 Å². The van der Waals surface area contributed by atoms with Crippen LogP contribution >= 0.6 is 0 Å². The first-order valence-electron chi connectivity index (χ1n) is 6.88. The summed E-state index contributed by atoms with van der Waals surface area (Å²) in [6.45, 7) is 1.46. The number of benzene rings is 1. The first-order valence-corrected chi connectivity index (χ1v) is 6.88. The predicted molar refractivity (Wildman–Crippen MR) is 78.4 cm³/mol. The smallest absolute Gasteiger partial charge is 0.228 e. The molecule has 0 saturated carbocycles. The minimum Gasteiger partial charge on any atom is -0.399 e. The molecule has 1 aliphatic heterocycles. The molecule has 0 fully saturated rings. The third kappa shape index (κ3) is 2.52. The summed E-state index contributed by atoms with van der Waals surface area (Å²) in [5.74, 6) is 0.157. The Balaban J connectivity index is 1.73. The number of imidazole rings is 1. The standard InChI is InChI=1S/C15H18N4O/c16-13-3-4-14-12(10-13)2-1-7-19(14)15(20)5-8-18-9-6-17-11-18/h3-4,6,9-11H,1-2,5,7-8,16H2. The van der Waals surface area contributed by atoms with Crippen molar-refractivity contribution in [3.63, 3.8) is 0 Å². The second-order valence-electron chi connectivity index (χ2n) is 5.09. The number of hydrogen-bond donors (Lipinski definition) is 1. The molecule has 0 aliphatic carbocycles. The molecule has 0 bridgehead atoms. The molecule has 0 saturated heterocycles. The number of hydrogen-bond acceptors (Lipinski definition) is 3. The average Bonchev–Trinajstić information content (AvgIpc) is 2.97. The lowest BCUT2D eigenvalue weighted by molar-refractivity contribution is -0.118. The van der Waals surface area contributed by atoms with Crippen molar-refractivity contribution < 1.29 is 4.79 Å².